The molecule has 1 aliphatic rings. The number of thioether (sulfide) groups is 1. The molecule has 3 rings (SSSR count). The summed E-state index contributed by atoms with van der Waals surface area (Å²) < 4.78 is 0. The topological polar surface area (TPSA) is 110 Å². The minimum absolute atomic E-state index is 0.126. The predicted molar refractivity (Wildman–Crippen MR) is 97.5 cm³/mol. The standard InChI is InChI=1S/C17H19N5O2S/c1-10-8-14(18)22-17(19-10)25-9-15(23)21-13-5-3-2-4-12(13)16(24)20-11-6-7-11/h2-5,8,11H,6-7,9H2,1H3,(H,20,24)(H,21,23)(H2,18,19,22). The zero-order valence-corrected chi connectivity index (χ0v) is 14.6. The van der Waals surface area contributed by atoms with E-state index in [9.17, 15) is 9.59 Å². The van der Waals surface area contributed by atoms with Gasteiger partial charge in [0.1, 0.15) is 5.82 Å². The van der Waals surface area contributed by atoms with Crippen molar-refractivity contribution in [2.24, 2.45) is 0 Å². The molecule has 1 aromatic heterocycles. The van der Waals surface area contributed by atoms with Crippen LogP contribution >= 0.6 is 11.8 Å². The summed E-state index contributed by atoms with van der Waals surface area (Å²) in [4.78, 5) is 32.8. The average molecular weight is 357 g/mol. The second-order valence-corrected chi connectivity index (χ2v) is 6.79. The number of amides is 2. The number of carbonyl (C=O) groups excluding carboxylic acids is 2. The van der Waals surface area contributed by atoms with Crippen LogP contribution in [0.25, 0.3) is 0 Å². The fraction of sp³-hybridized carbons (Fsp3) is 0.294. The number of hydrogen-bond acceptors (Lipinski definition) is 6. The highest BCUT2D eigenvalue weighted by Crippen LogP contribution is 2.22. The Balaban J connectivity index is 1.61. The van der Waals surface area contributed by atoms with E-state index in [1.54, 1.807) is 30.3 Å². The summed E-state index contributed by atoms with van der Waals surface area (Å²) in [5, 5.41) is 6.15. The molecule has 8 heteroatoms. The molecule has 0 unspecified atom stereocenters. The zero-order chi connectivity index (χ0) is 17.8. The van der Waals surface area contributed by atoms with Crippen LogP contribution in [0, 0.1) is 6.92 Å². The molecule has 1 heterocycles. The first-order valence-electron chi connectivity index (χ1n) is 7.95. The lowest BCUT2D eigenvalue weighted by atomic mass is 10.1. The molecule has 1 saturated carbocycles. The normalized spacial score (nSPS) is 13.3. The molecule has 2 aromatic rings. The van der Waals surface area contributed by atoms with E-state index >= 15 is 0 Å². The summed E-state index contributed by atoms with van der Waals surface area (Å²) in [6.45, 7) is 1.82. The Morgan fingerprint density at radius 3 is 2.76 bits per heavy atom. The molecule has 0 aliphatic heterocycles. The van der Waals surface area contributed by atoms with Crippen LogP contribution in [0.1, 0.15) is 28.9 Å². The van der Waals surface area contributed by atoms with Crippen LogP contribution in [0.3, 0.4) is 0 Å². The van der Waals surface area contributed by atoms with Crippen molar-refractivity contribution in [2.75, 3.05) is 16.8 Å². The third kappa shape index (κ3) is 4.93. The second-order valence-electron chi connectivity index (χ2n) is 5.85. The van der Waals surface area contributed by atoms with Crippen LogP contribution in [0.15, 0.2) is 35.5 Å². The maximum absolute atomic E-state index is 12.3. The second kappa shape index (κ2) is 7.52. The fourth-order valence-electron chi connectivity index (χ4n) is 2.23. The Morgan fingerprint density at radius 1 is 1.28 bits per heavy atom. The number of rotatable bonds is 6. The van der Waals surface area contributed by atoms with Gasteiger partial charge >= 0.3 is 0 Å². The largest absolute Gasteiger partial charge is 0.384 e. The highest BCUT2D eigenvalue weighted by Gasteiger charge is 2.25. The number of anilines is 2. The smallest absolute Gasteiger partial charge is 0.253 e. The summed E-state index contributed by atoms with van der Waals surface area (Å²) in [5.41, 5.74) is 7.38. The number of para-hydroxylation sites is 1. The molecule has 0 spiro atoms. The van der Waals surface area contributed by atoms with Crippen LogP contribution < -0.4 is 16.4 Å². The van der Waals surface area contributed by atoms with Gasteiger partial charge in [-0.05, 0) is 31.9 Å². The number of hydrogen-bond donors (Lipinski definition) is 3. The number of nitrogens with zero attached hydrogens (tertiary/aromatic N) is 2. The van der Waals surface area contributed by atoms with E-state index < -0.39 is 0 Å². The van der Waals surface area contributed by atoms with E-state index in [0.29, 0.717) is 22.2 Å². The van der Waals surface area contributed by atoms with Crippen LogP contribution in [0.2, 0.25) is 0 Å². The van der Waals surface area contributed by atoms with Gasteiger partial charge in [0.15, 0.2) is 5.16 Å². The molecule has 130 valence electrons. The van der Waals surface area contributed by atoms with Gasteiger partial charge in [0, 0.05) is 17.8 Å². The zero-order valence-electron chi connectivity index (χ0n) is 13.8. The Labute approximate surface area is 149 Å². The van der Waals surface area contributed by atoms with Crippen molar-refractivity contribution in [3.63, 3.8) is 0 Å². The van der Waals surface area contributed by atoms with Crippen molar-refractivity contribution in [3.05, 3.63) is 41.6 Å². The molecule has 1 aliphatic carbocycles. The molecule has 0 atom stereocenters. The lowest BCUT2D eigenvalue weighted by Gasteiger charge is -2.11. The first-order chi connectivity index (χ1) is 12.0. The molecule has 4 N–H and O–H groups in total. The van der Waals surface area contributed by atoms with Crippen LogP contribution in [0.4, 0.5) is 11.5 Å². The van der Waals surface area contributed by atoms with Gasteiger partial charge in [-0.15, -0.1) is 0 Å². The van der Waals surface area contributed by atoms with E-state index in [0.717, 1.165) is 18.5 Å². The fourth-order valence-corrected chi connectivity index (χ4v) is 2.94. The molecule has 2 amide bonds. The number of aryl methyl sites for hydroxylation is 1. The highest BCUT2D eigenvalue weighted by atomic mass is 32.2. The van der Waals surface area contributed by atoms with Crippen LogP contribution in [-0.4, -0.2) is 33.6 Å². The monoisotopic (exact) mass is 357 g/mol. The van der Waals surface area contributed by atoms with Gasteiger partial charge in [-0.3, -0.25) is 9.59 Å². The van der Waals surface area contributed by atoms with Crippen LogP contribution in [-0.2, 0) is 4.79 Å². The Kier molecular flexibility index (Phi) is 5.18. The number of nitrogens with one attached hydrogen (secondary N) is 2. The van der Waals surface area contributed by atoms with Crippen molar-refractivity contribution in [2.45, 2.75) is 31.0 Å². The Hall–Kier alpha value is -2.61. The van der Waals surface area contributed by atoms with Gasteiger partial charge in [-0.1, -0.05) is 23.9 Å². The van der Waals surface area contributed by atoms with Gasteiger partial charge < -0.3 is 16.4 Å². The SMILES string of the molecule is Cc1cc(N)nc(SCC(=O)Nc2ccccc2C(=O)NC2CC2)n1. The maximum Gasteiger partial charge on any atom is 0.253 e. The molecule has 1 fully saturated rings. The van der Waals surface area contributed by atoms with Gasteiger partial charge in [0.05, 0.1) is 17.0 Å². The minimum Gasteiger partial charge on any atom is -0.384 e. The summed E-state index contributed by atoms with van der Waals surface area (Å²) in [6.07, 6.45) is 2.02. The Morgan fingerprint density at radius 2 is 2.04 bits per heavy atom. The molecule has 25 heavy (non-hydrogen) atoms. The molecule has 7 nitrogen and oxygen atoms in total. The number of carbonyl (C=O) groups is 2. The van der Waals surface area contributed by atoms with Crippen molar-refractivity contribution in [1.29, 1.82) is 0 Å². The minimum atomic E-state index is -0.236. The number of benzene rings is 1. The van der Waals surface area contributed by atoms with E-state index in [-0.39, 0.29) is 23.6 Å². The van der Waals surface area contributed by atoms with Gasteiger partial charge in [0.2, 0.25) is 5.91 Å². The van der Waals surface area contributed by atoms with Crippen molar-refractivity contribution < 1.29 is 9.59 Å². The first-order valence-corrected chi connectivity index (χ1v) is 8.93. The van der Waals surface area contributed by atoms with E-state index in [2.05, 4.69) is 20.6 Å². The maximum atomic E-state index is 12.3. The van der Waals surface area contributed by atoms with Crippen LogP contribution in [0.5, 0.6) is 0 Å². The molecular formula is C17H19N5O2S. The van der Waals surface area contributed by atoms with Crippen molar-refractivity contribution in [3.8, 4) is 0 Å². The lowest BCUT2D eigenvalue weighted by Crippen LogP contribution is -2.27. The van der Waals surface area contributed by atoms with Gasteiger partial charge in [-0.2, -0.15) is 0 Å². The van der Waals surface area contributed by atoms with E-state index in [1.807, 2.05) is 6.92 Å². The van der Waals surface area contributed by atoms with Crippen molar-refractivity contribution in [1.82, 2.24) is 15.3 Å². The summed E-state index contributed by atoms with van der Waals surface area (Å²) in [7, 11) is 0. The third-order valence-electron chi connectivity index (χ3n) is 3.54. The molecule has 0 radical (unpaired) electrons. The Bertz CT molecular complexity index is 787. The molecule has 0 saturated heterocycles. The van der Waals surface area contributed by atoms with Crippen molar-refractivity contribution >= 4 is 35.1 Å². The van der Waals surface area contributed by atoms with E-state index in [1.165, 1.54) is 11.8 Å². The number of nitrogens with two attached hydrogens (primary N) is 1. The molecule has 1 aromatic carbocycles. The molecule has 0 bridgehead atoms. The number of nitrogen functional groups attached to an aromatic ring is 1. The van der Waals surface area contributed by atoms with Gasteiger partial charge in [-0.25, -0.2) is 9.97 Å². The summed E-state index contributed by atoms with van der Waals surface area (Å²) >= 11 is 1.20. The quantitative estimate of drug-likeness (QED) is 0.539. The van der Waals surface area contributed by atoms with Gasteiger partial charge in [0.25, 0.3) is 5.91 Å². The lowest BCUT2D eigenvalue weighted by molar-refractivity contribution is -0.113. The summed E-state index contributed by atoms with van der Waals surface area (Å²) in [6, 6.07) is 8.89. The first kappa shape index (κ1) is 17.2. The third-order valence-corrected chi connectivity index (χ3v) is 4.39. The predicted octanol–water partition coefficient (Wildman–Crippen LogP) is 1.99. The number of aromatic nitrogens is 2. The highest BCUT2D eigenvalue weighted by molar-refractivity contribution is 7.99. The van der Waals surface area contributed by atoms with E-state index in [4.69, 9.17) is 5.73 Å². The summed E-state index contributed by atoms with van der Waals surface area (Å²) in [5.74, 6) is 0.0975. The molecular weight excluding hydrogens is 338 g/mol. The average Bonchev–Trinajstić information content (AvgIpc) is 3.36.